The van der Waals surface area contributed by atoms with Crippen molar-refractivity contribution in [2.45, 2.75) is 13.0 Å². The first-order valence-corrected chi connectivity index (χ1v) is 5.92. The maximum atomic E-state index is 11.9. The maximum Gasteiger partial charge on any atom is 0.245 e. The molecule has 1 aromatic rings. The number of likely N-dealkylation sites (N-methyl/N-ethyl adjacent to an activating group) is 1. The van der Waals surface area contributed by atoms with E-state index >= 15 is 0 Å². The van der Waals surface area contributed by atoms with Gasteiger partial charge in [0.2, 0.25) is 11.9 Å². The van der Waals surface area contributed by atoms with Crippen LogP contribution in [0.4, 0.5) is 11.6 Å². The fraction of sp³-hybridized carbons (Fsp3) is 0.545. The molecule has 18 heavy (non-hydrogen) atoms. The van der Waals surface area contributed by atoms with E-state index in [4.69, 9.17) is 10.5 Å². The second kappa shape index (κ2) is 5.63. The van der Waals surface area contributed by atoms with Crippen molar-refractivity contribution >= 4 is 17.5 Å². The smallest absolute Gasteiger partial charge is 0.245 e. The summed E-state index contributed by atoms with van der Waals surface area (Å²) in [6.45, 7) is 3.96. The minimum atomic E-state index is -0.387. The van der Waals surface area contributed by atoms with Crippen molar-refractivity contribution in [1.82, 2.24) is 15.3 Å². The molecule has 1 fully saturated rings. The van der Waals surface area contributed by atoms with Crippen LogP contribution in [0.3, 0.4) is 0 Å². The predicted molar refractivity (Wildman–Crippen MR) is 67.1 cm³/mol. The zero-order valence-electron chi connectivity index (χ0n) is 10.3. The van der Waals surface area contributed by atoms with Crippen molar-refractivity contribution < 1.29 is 9.53 Å². The SMILES string of the molecule is CCNC(=O)C1COCCN1c1ncc(N)cn1. The van der Waals surface area contributed by atoms with Gasteiger partial charge in [0.05, 0.1) is 31.3 Å². The number of hydrogen-bond acceptors (Lipinski definition) is 6. The minimum Gasteiger partial charge on any atom is -0.396 e. The van der Waals surface area contributed by atoms with Gasteiger partial charge in [0.1, 0.15) is 6.04 Å². The van der Waals surface area contributed by atoms with E-state index in [0.717, 1.165) is 0 Å². The lowest BCUT2D eigenvalue weighted by atomic mass is 10.2. The summed E-state index contributed by atoms with van der Waals surface area (Å²) in [6.07, 6.45) is 3.07. The molecule has 2 rings (SSSR count). The molecular formula is C11H17N5O2. The van der Waals surface area contributed by atoms with Crippen LogP contribution < -0.4 is 16.0 Å². The molecule has 3 N–H and O–H groups in total. The molecule has 0 spiro atoms. The van der Waals surface area contributed by atoms with Gasteiger partial charge < -0.3 is 20.7 Å². The Morgan fingerprint density at radius 3 is 3.00 bits per heavy atom. The molecule has 1 aliphatic heterocycles. The van der Waals surface area contributed by atoms with E-state index in [9.17, 15) is 4.79 Å². The first-order valence-electron chi connectivity index (χ1n) is 5.92. The molecule has 1 aromatic heterocycles. The fourth-order valence-corrected chi connectivity index (χ4v) is 1.83. The third kappa shape index (κ3) is 2.67. The maximum absolute atomic E-state index is 11.9. The quantitative estimate of drug-likeness (QED) is 0.745. The average molecular weight is 251 g/mol. The van der Waals surface area contributed by atoms with Gasteiger partial charge in [0, 0.05) is 13.1 Å². The van der Waals surface area contributed by atoms with Crippen LogP contribution in [0.2, 0.25) is 0 Å². The molecule has 98 valence electrons. The van der Waals surface area contributed by atoms with E-state index in [2.05, 4.69) is 15.3 Å². The third-order valence-electron chi connectivity index (χ3n) is 2.70. The first kappa shape index (κ1) is 12.6. The van der Waals surface area contributed by atoms with Crippen molar-refractivity contribution in [2.75, 3.05) is 36.9 Å². The van der Waals surface area contributed by atoms with Crippen LogP contribution >= 0.6 is 0 Å². The Labute approximate surface area is 105 Å². The standard InChI is InChI=1S/C11H17N5O2/c1-2-13-10(17)9-7-18-4-3-16(9)11-14-5-8(12)6-15-11/h5-6,9H,2-4,7,12H2,1H3,(H,13,17). The first-order chi connectivity index (χ1) is 8.72. The molecule has 7 heteroatoms. The largest absolute Gasteiger partial charge is 0.396 e. The van der Waals surface area contributed by atoms with Crippen molar-refractivity contribution in [3.05, 3.63) is 12.4 Å². The van der Waals surface area contributed by atoms with Gasteiger partial charge in [0.15, 0.2) is 0 Å². The Bertz CT molecular complexity index is 408. The van der Waals surface area contributed by atoms with Gasteiger partial charge in [-0.1, -0.05) is 0 Å². The van der Waals surface area contributed by atoms with Crippen LogP contribution in [-0.4, -0.2) is 48.2 Å². The monoisotopic (exact) mass is 251 g/mol. The van der Waals surface area contributed by atoms with Gasteiger partial charge in [-0.15, -0.1) is 0 Å². The van der Waals surface area contributed by atoms with E-state index in [-0.39, 0.29) is 11.9 Å². The topological polar surface area (TPSA) is 93.4 Å². The highest BCUT2D eigenvalue weighted by Gasteiger charge is 2.30. The van der Waals surface area contributed by atoms with Gasteiger partial charge in [0.25, 0.3) is 0 Å². The molecule has 0 saturated carbocycles. The number of carbonyl (C=O) groups excluding carboxylic acids is 1. The molecule has 0 aromatic carbocycles. The van der Waals surface area contributed by atoms with Crippen LogP contribution in [0, 0.1) is 0 Å². The number of nitrogens with two attached hydrogens (primary N) is 1. The average Bonchev–Trinajstić information content (AvgIpc) is 2.40. The molecule has 1 aliphatic rings. The van der Waals surface area contributed by atoms with Crippen molar-refractivity contribution in [3.63, 3.8) is 0 Å². The molecule has 7 nitrogen and oxygen atoms in total. The van der Waals surface area contributed by atoms with E-state index in [1.54, 1.807) is 0 Å². The minimum absolute atomic E-state index is 0.0716. The number of nitrogen functional groups attached to an aromatic ring is 1. The number of amides is 1. The van der Waals surface area contributed by atoms with Crippen molar-refractivity contribution in [3.8, 4) is 0 Å². The number of anilines is 2. The number of nitrogens with zero attached hydrogens (tertiary/aromatic N) is 3. The van der Waals surface area contributed by atoms with E-state index in [1.807, 2.05) is 11.8 Å². The second-order valence-corrected chi connectivity index (χ2v) is 4.00. The molecule has 1 amide bonds. The summed E-state index contributed by atoms with van der Waals surface area (Å²) in [5.74, 6) is 0.432. The number of carbonyl (C=O) groups is 1. The van der Waals surface area contributed by atoms with Crippen LogP contribution in [0.15, 0.2) is 12.4 Å². The molecule has 0 radical (unpaired) electrons. The number of ether oxygens (including phenoxy) is 1. The number of aromatic nitrogens is 2. The van der Waals surface area contributed by atoms with Crippen molar-refractivity contribution in [1.29, 1.82) is 0 Å². The molecule has 0 bridgehead atoms. The number of hydrogen-bond donors (Lipinski definition) is 2. The molecule has 1 atom stereocenters. The summed E-state index contributed by atoms with van der Waals surface area (Å²) in [6, 6.07) is -0.387. The zero-order valence-corrected chi connectivity index (χ0v) is 10.3. The van der Waals surface area contributed by atoms with Gasteiger partial charge in [-0.2, -0.15) is 0 Å². The second-order valence-electron chi connectivity index (χ2n) is 4.00. The lowest BCUT2D eigenvalue weighted by molar-refractivity contribution is -0.124. The summed E-state index contributed by atoms with van der Waals surface area (Å²) in [5, 5.41) is 2.79. The van der Waals surface area contributed by atoms with Crippen LogP contribution in [0.1, 0.15) is 6.92 Å². The normalized spacial score (nSPS) is 19.6. The Morgan fingerprint density at radius 1 is 1.61 bits per heavy atom. The van der Waals surface area contributed by atoms with Gasteiger partial charge in [-0.3, -0.25) is 4.79 Å². The van der Waals surface area contributed by atoms with E-state index < -0.39 is 0 Å². The summed E-state index contributed by atoms with van der Waals surface area (Å²) >= 11 is 0. The van der Waals surface area contributed by atoms with Crippen LogP contribution in [-0.2, 0) is 9.53 Å². The van der Waals surface area contributed by atoms with Gasteiger partial charge in [-0.05, 0) is 6.92 Å². The summed E-state index contributed by atoms with van der Waals surface area (Å²) < 4.78 is 5.34. The summed E-state index contributed by atoms with van der Waals surface area (Å²) in [7, 11) is 0. The Morgan fingerprint density at radius 2 is 2.33 bits per heavy atom. The van der Waals surface area contributed by atoms with Crippen molar-refractivity contribution in [2.24, 2.45) is 0 Å². The fourth-order valence-electron chi connectivity index (χ4n) is 1.83. The zero-order chi connectivity index (χ0) is 13.0. The van der Waals surface area contributed by atoms with Crippen LogP contribution in [0.25, 0.3) is 0 Å². The lowest BCUT2D eigenvalue weighted by Gasteiger charge is -2.34. The molecular weight excluding hydrogens is 234 g/mol. The number of rotatable bonds is 3. The third-order valence-corrected chi connectivity index (χ3v) is 2.70. The molecule has 0 aliphatic carbocycles. The Balaban J connectivity index is 2.17. The van der Waals surface area contributed by atoms with Gasteiger partial charge >= 0.3 is 0 Å². The Hall–Kier alpha value is -1.89. The highest BCUT2D eigenvalue weighted by molar-refractivity contribution is 5.85. The highest BCUT2D eigenvalue weighted by atomic mass is 16.5. The summed E-state index contributed by atoms with van der Waals surface area (Å²) in [4.78, 5) is 22.1. The predicted octanol–water partition coefficient (Wildman–Crippen LogP) is -0.600. The number of morpholine rings is 1. The lowest BCUT2D eigenvalue weighted by Crippen LogP contribution is -2.54. The van der Waals surface area contributed by atoms with E-state index in [0.29, 0.717) is 37.9 Å². The highest BCUT2D eigenvalue weighted by Crippen LogP contribution is 2.15. The molecule has 1 saturated heterocycles. The van der Waals surface area contributed by atoms with E-state index in [1.165, 1.54) is 12.4 Å². The van der Waals surface area contributed by atoms with Gasteiger partial charge in [-0.25, -0.2) is 9.97 Å². The number of nitrogens with one attached hydrogen (secondary N) is 1. The molecule has 2 heterocycles. The van der Waals surface area contributed by atoms with Crippen LogP contribution in [0.5, 0.6) is 0 Å². The molecule has 1 unspecified atom stereocenters. The summed E-state index contributed by atoms with van der Waals surface area (Å²) in [5.41, 5.74) is 6.05. The Kier molecular flexibility index (Phi) is 3.93.